The Morgan fingerprint density at radius 1 is 1.07 bits per heavy atom. The van der Waals surface area contributed by atoms with E-state index in [0.717, 1.165) is 12.8 Å². The quantitative estimate of drug-likeness (QED) is 0.780. The Kier molecular flexibility index (Phi) is 4.83. The van der Waals surface area contributed by atoms with E-state index in [1.54, 1.807) is 0 Å². The molecule has 0 saturated carbocycles. The van der Waals surface area contributed by atoms with Crippen LogP contribution in [0.25, 0.3) is 0 Å². The molecule has 0 aliphatic rings. The summed E-state index contributed by atoms with van der Waals surface area (Å²) in [7, 11) is 0. The summed E-state index contributed by atoms with van der Waals surface area (Å²) in [5.74, 6) is 0.855. The van der Waals surface area contributed by atoms with E-state index in [4.69, 9.17) is 0 Å². The first-order chi connectivity index (χ1) is 7.20. The summed E-state index contributed by atoms with van der Waals surface area (Å²) in [4.78, 5) is 0. The minimum absolute atomic E-state index is 0.266. The smallest absolute Gasteiger partial charge is 0.0583 e. The number of hydrogen-bond acceptors (Lipinski definition) is 1. The van der Waals surface area contributed by atoms with Crippen LogP contribution in [0.4, 0.5) is 0 Å². The van der Waals surface area contributed by atoms with Gasteiger partial charge in [0.1, 0.15) is 0 Å². The van der Waals surface area contributed by atoms with E-state index in [2.05, 4.69) is 26.0 Å². The second kappa shape index (κ2) is 5.92. The summed E-state index contributed by atoms with van der Waals surface area (Å²) >= 11 is 0. The fourth-order valence-corrected chi connectivity index (χ4v) is 2.42. The van der Waals surface area contributed by atoms with Gasteiger partial charge in [-0.3, -0.25) is 0 Å². The lowest BCUT2D eigenvalue weighted by molar-refractivity contribution is 0.128. The van der Waals surface area contributed by atoms with E-state index in [1.165, 1.54) is 5.56 Å². The minimum Gasteiger partial charge on any atom is -0.393 e. The molecule has 1 nitrogen and oxygen atoms in total. The lowest BCUT2D eigenvalue weighted by Gasteiger charge is -2.28. The van der Waals surface area contributed by atoms with Crippen molar-refractivity contribution >= 4 is 0 Å². The van der Waals surface area contributed by atoms with Gasteiger partial charge in [-0.15, -0.1) is 0 Å². The molecule has 0 spiro atoms. The zero-order chi connectivity index (χ0) is 11.3. The molecule has 0 fully saturated rings. The van der Waals surface area contributed by atoms with Gasteiger partial charge in [0.25, 0.3) is 0 Å². The molecule has 1 rings (SSSR count). The largest absolute Gasteiger partial charge is 0.393 e. The van der Waals surface area contributed by atoms with E-state index in [1.807, 2.05) is 25.1 Å². The maximum atomic E-state index is 9.90. The van der Waals surface area contributed by atoms with Gasteiger partial charge in [-0.25, -0.2) is 0 Å². The Hall–Kier alpha value is -0.820. The Morgan fingerprint density at radius 2 is 1.60 bits per heavy atom. The summed E-state index contributed by atoms with van der Waals surface area (Å²) in [6.45, 7) is 6.30. The summed E-state index contributed by atoms with van der Waals surface area (Å²) in [6, 6.07) is 10.4. The number of rotatable bonds is 5. The molecule has 0 amide bonds. The van der Waals surface area contributed by atoms with Crippen molar-refractivity contribution in [2.45, 2.75) is 45.6 Å². The third-order valence-electron chi connectivity index (χ3n) is 3.26. The first-order valence-corrected chi connectivity index (χ1v) is 5.93. The highest BCUT2D eigenvalue weighted by molar-refractivity contribution is 5.21. The van der Waals surface area contributed by atoms with Crippen LogP contribution in [-0.4, -0.2) is 11.2 Å². The highest BCUT2D eigenvalue weighted by atomic mass is 16.3. The third-order valence-corrected chi connectivity index (χ3v) is 3.26. The molecule has 0 heterocycles. The standard InChI is InChI=1S/C14H22O/c1-4-12(5-2)14(11(3)15)13-9-7-6-8-10-13/h6-12,14-15H,4-5H2,1-3H3. The molecule has 15 heavy (non-hydrogen) atoms. The van der Waals surface area contributed by atoms with Crippen LogP contribution in [0.15, 0.2) is 30.3 Å². The molecule has 0 aromatic heterocycles. The summed E-state index contributed by atoms with van der Waals surface area (Å²) in [5, 5.41) is 9.90. The Labute approximate surface area is 93.1 Å². The van der Waals surface area contributed by atoms with Crippen molar-refractivity contribution in [3.8, 4) is 0 Å². The number of benzene rings is 1. The zero-order valence-corrected chi connectivity index (χ0v) is 9.98. The molecule has 0 aliphatic carbocycles. The molecule has 1 aromatic rings. The first-order valence-electron chi connectivity index (χ1n) is 5.93. The summed E-state index contributed by atoms with van der Waals surface area (Å²) in [6.07, 6.45) is 1.99. The normalized spacial score (nSPS) is 15.3. The zero-order valence-electron chi connectivity index (χ0n) is 9.98. The average Bonchev–Trinajstić information content (AvgIpc) is 2.26. The van der Waals surface area contributed by atoms with Gasteiger partial charge in [0.05, 0.1) is 6.10 Å². The molecule has 2 atom stereocenters. The van der Waals surface area contributed by atoms with Crippen LogP contribution in [0.1, 0.15) is 45.1 Å². The van der Waals surface area contributed by atoms with Crippen LogP contribution >= 0.6 is 0 Å². The van der Waals surface area contributed by atoms with Crippen LogP contribution < -0.4 is 0 Å². The fourth-order valence-electron chi connectivity index (χ4n) is 2.42. The second-order valence-corrected chi connectivity index (χ2v) is 4.25. The predicted octanol–water partition coefficient (Wildman–Crippen LogP) is 3.59. The van der Waals surface area contributed by atoms with Crippen molar-refractivity contribution in [3.63, 3.8) is 0 Å². The molecule has 84 valence electrons. The molecule has 0 bridgehead atoms. The van der Waals surface area contributed by atoms with Gasteiger partial charge >= 0.3 is 0 Å². The topological polar surface area (TPSA) is 20.2 Å². The molecule has 1 N–H and O–H groups in total. The first kappa shape index (κ1) is 12.3. The van der Waals surface area contributed by atoms with Gasteiger partial charge in [-0.2, -0.15) is 0 Å². The van der Waals surface area contributed by atoms with Gasteiger partial charge in [-0.05, 0) is 18.4 Å². The van der Waals surface area contributed by atoms with Crippen LogP contribution in [0, 0.1) is 5.92 Å². The highest BCUT2D eigenvalue weighted by Crippen LogP contribution is 2.32. The maximum Gasteiger partial charge on any atom is 0.0583 e. The van der Waals surface area contributed by atoms with Crippen molar-refractivity contribution in [2.75, 3.05) is 0 Å². The maximum absolute atomic E-state index is 9.90. The van der Waals surface area contributed by atoms with E-state index >= 15 is 0 Å². The Bertz CT molecular complexity index is 262. The van der Waals surface area contributed by atoms with Crippen LogP contribution in [-0.2, 0) is 0 Å². The molecule has 1 aromatic carbocycles. The molecule has 0 radical (unpaired) electrons. The van der Waals surface area contributed by atoms with Crippen LogP contribution in [0.3, 0.4) is 0 Å². The number of aliphatic hydroxyl groups is 1. The van der Waals surface area contributed by atoms with E-state index in [9.17, 15) is 5.11 Å². The third kappa shape index (κ3) is 3.07. The van der Waals surface area contributed by atoms with Crippen molar-refractivity contribution in [3.05, 3.63) is 35.9 Å². The lowest BCUT2D eigenvalue weighted by atomic mass is 9.79. The predicted molar refractivity (Wildman–Crippen MR) is 64.9 cm³/mol. The van der Waals surface area contributed by atoms with E-state index < -0.39 is 0 Å². The molecule has 0 saturated heterocycles. The monoisotopic (exact) mass is 206 g/mol. The van der Waals surface area contributed by atoms with Crippen LogP contribution in [0.2, 0.25) is 0 Å². The molecule has 2 unspecified atom stereocenters. The Balaban J connectivity index is 2.92. The minimum atomic E-state index is -0.266. The van der Waals surface area contributed by atoms with E-state index in [0.29, 0.717) is 5.92 Å². The molecular formula is C14H22O. The molecule has 1 heteroatoms. The lowest BCUT2D eigenvalue weighted by Crippen LogP contribution is -2.22. The van der Waals surface area contributed by atoms with Crippen LogP contribution in [0.5, 0.6) is 0 Å². The number of aliphatic hydroxyl groups excluding tert-OH is 1. The number of hydrogen-bond donors (Lipinski definition) is 1. The fraction of sp³-hybridized carbons (Fsp3) is 0.571. The highest BCUT2D eigenvalue weighted by Gasteiger charge is 2.24. The van der Waals surface area contributed by atoms with Gasteiger partial charge in [0, 0.05) is 5.92 Å². The molecule has 0 aliphatic heterocycles. The SMILES string of the molecule is CCC(CC)C(c1ccccc1)C(C)O. The Morgan fingerprint density at radius 3 is 2.00 bits per heavy atom. The van der Waals surface area contributed by atoms with Crippen molar-refractivity contribution < 1.29 is 5.11 Å². The van der Waals surface area contributed by atoms with Gasteiger partial charge < -0.3 is 5.11 Å². The summed E-state index contributed by atoms with van der Waals surface area (Å²) < 4.78 is 0. The van der Waals surface area contributed by atoms with E-state index in [-0.39, 0.29) is 12.0 Å². The second-order valence-electron chi connectivity index (χ2n) is 4.25. The van der Waals surface area contributed by atoms with Gasteiger partial charge in [0.2, 0.25) is 0 Å². The van der Waals surface area contributed by atoms with Crippen molar-refractivity contribution in [1.29, 1.82) is 0 Å². The van der Waals surface area contributed by atoms with Crippen molar-refractivity contribution in [1.82, 2.24) is 0 Å². The average molecular weight is 206 g/mol. The molecular weight excluding hydrogens is 184 g/mol. The van der Waals surface area contributed by atoms with Gasteiger partial charge in [-0.1, -0.05) is 57.0 Å². The van der Waals surface area contributed by atoms with Crippen molar-refractivity contribution in [2.24, 2.45) is 5.92 Å². The summed E-state index contributed by atoms with van der Waals surface area (Å²) in [5.41, 5.74) is 1.27. The van der Waals surface area contributed by atoms with Gasteiger partial charge in [0.15, 0.2) is 0 Å².